The Kier molecular flexibility index (Phi) is 6.93. The fraction of sp³-hybridized carbons (Fsp3) is 0.632. The molecule has 1 fully saturated rings. The number of aliphatic hydroxyl groups is 1. The highest BCUT2D eigenvalue weighted by molar-refractivity contribution is 5.78. The Morgan fingerprint density at radius 2 is 1.84 bits per heavy atom. The van der Waals surface area contributed by atoms with Gasteiger partial charge in [-0.3, -0.25) is 4.79 Å². The SMILES string of the molecule is COc1cc([C@H](C)O)cc(OC)c1OCC(=O)N[C@H]1CCCC[C@@H]1C. The zero-order valence-electron chi connectivity index (χ0n) is 15.5. The van der Waals surface area contributed by atoms with E-state index >= 15 is 0 Å². The van der Waals surface area contributed by atoms with Crippen LogP contribution in [0.25, 0.3) is 0 Å². The van der Waals surface area contributed by atoms with Crippen LogP contribution in [0.4, 0.5) is 0 Å². The lowest BCUT2D eigenvalue weighted by Gasteiger charge is -2.29. The van der Waals surface area contributed by atoms with Crippen LogP contribution in [0.15, 0.2) is 12.1 Å². The maximum Gasteiger partial charge on any atom is 0.258 e. The first kappa shape index (κ1) is 19.4. The number of aliphatic hydroxyl groups excluding tert-OH is 1. The van der Waals surface area contributed by atoms with E-state index in [1.807, 2.05) is 0 Å². The lowest BCUT2D eigenvalue weighted by Crippen LogP contribution is -2.43. The molecule has 0 bridgehead atoms. The quantitative estimate of drug-likeness (QED) is 0.790. The number of amides is 1. The van der Waals surface area contributed by atoms with E-state index in [0.717, 1.165) is 19.3 Å². The van der Waals surface area contributed by atoms with Gasteiger partial charge in [0.05, 0.1) is 20.3 Å². The fourth-order valence-electron chi connectivity index (χ4n) is 3.20. The van der Waals surface area contributed by atoms with E-state index < -0.39 is 6.10 Å². The highest BCUT2D eigenvalue weighted by atomic mass is 16.5. The summed E-state index contributed by atoms with van der Waals surface area (Å²) < 4.78 is 16.3. The van der Waals surface area contributed by atoms with Crippen LogP contribution >= 0.6 is 0 Å². The van der Waals surface area contributed by atoms with Crippen LogP contribution in [0.3, 0.4) is 0 Å². The first-order valence-corrected chi connectivity index (χ1v) is 8.82. The second-order valence-corrected chi connectivity index (χ2v) is 6.65. The van der Waals surface area contributed by atoms with Crippen molar-refractivity contribution in [3.05, 3.63) is 17.7 Å². The second kappa shape index (κ2) is 8.94. The largest absolute Gasteiger partial charge is 0.493 e. The standard InChI is InChI=1S/C19H29NO5/c1-12-7-5-6-8-15(12)20-18(22)11-25-19-16(23-3)9-14(13(2)21)10-17(19)24-4/h9-10,12-13,15,21H,5-8,11H2,1-4H3,(H,20,22)/t12-,13-,15-/m0/s1. The molecule has 25 heavy (non-hydrogen) atoms. The topological polar surface area (TPSA) is 77.0 Å². The number of ether oxygens (including phenoxy) is 3. The van der Waals surface area contributed by atoms with Gasteiger partial charge in [0.1, 0.15) is 0 Å². The number of hydrogen-bond donors (Lipinski definition) is 2. The number of benzene rings is 1. The van der Waals surface area contributed by atoms with Crippen LogP contribution in [0.1, 0.15) is 51.2 Å². The van der Waals surface area contributed by atoms with Crippen molar-refractivity contribution in [2.75, 3.05) is 20.8 Å². The number of carbonyl (C=O) groups excluding carboxylic acids is 1. The van der Waals surface area contributed by atoms with Crippen molar-refractivity contribution < 1.29 is 24.1 Å². The predicted molar refractivity (Wildman–Crippen MR) is 95.2 cm³/mol. The van der Waals surface area contributed by atoms with Crippen molar-refractivity contribution >= 4 is 5.91 Å². The van der Waals surface area contributed by atoms with Crippen LogP contribution in [-0.2, 0) is 4.79 Å². The fourth-order valence-corrected chi connectivity index (χ4v) is 3.20. The van der Waals surface area contributed by atoms with Crippen LogP contribution in [0.5, 0.6) is 17.2 Å². The van der Waals surface area contributed by atoms with Gasteiger partial charge >= 0.3 is 0 Å². The molecule has 3 atom stereocenters. The number of rotatable bonds is 7. The zero-order valence-corrected chi connectivity index (χ0v) is 15.5. The molecule has 0 saturated heterocycles. The summed E-state index contributed by atoms with van der Waals surface area (Å²) in [5, 5.41) is 12.8. The minimum atomic E-state index is -0.659. The van der Waals surface area contributed by atoms with Crippen LogP contribution in [0.2, 0.25) is 0 Å². The Balaban J connectivity index is 2.04. The summed E-state index contributed by atoms with van der Waals surface area (Å²) in [6, 6.07) is 3.58. The molecular weight excluding hydrogens is 322 g/mol. The molecule has 2 rings (SSSR count). The number of methoxy groups -OCH3 is 2. The van der Waals surface area contributed by atoms with E-state index in [2.05, 4.69) is 12.2 Å². The summed E-state index contributed by atoms with van der Waals surface area (Å²) in [5.41, 5.74) is 0.654. The Labute approximate surface area is 149 Å². The maximum absolute atomic E-state index is 12.2. The van der Waals surface area contributed by atoms with E-state index in [1.54, 1.807) is 19.1 Å². The molecule has 1 aromatic rings. The van der Waals surface area contributed by atoms with Gasteiger partial charge in [-0.1, -0.05) is 19.8 Å². The number of carbonyl (C=O) groups is 1. The summed E-state index contributed by atoms with van der Waals surface area (Å²) in [6.07, 6.45) is 3.89. The van der Waals surface area contributed by atoms with E-state index in [9.17, 15) is 9.90 Å². The second-order valence-electron chi connectivity index (χ2n) is 6.65. The van der Waals surface area contributed by atoms with Gasteiger partial charge in [-0.25, -0.2) is 0 Å². The average molecular weight is 351 g/mol. The molecule has 0 spiro atoms. The van der Waals surface area contributed by atoms with Crippen LogP contribution in [-0.4, -0.2) is 37.9 Å². The summed E-state index contributed by atoms with van der Waals surface area (Å²) in [5.74, 6) is 1.55. The van der Waals surface area contributed by atoms with Gasteiger partial charge in [0.25, 0.3) is 5.91 Å². The van der Waals surface area contributed by atoms with Gasteiger partial charge in [-0.05, 0) is 43.4 Å². The Hall–Kier alpha value is -1.95. The van der Waals surface area contributed by atoms with Gasteiger partial charge in [0, 0.05) is 6.04 Å². The van der Waals surface area contributed by atoms with E-state index in [1.165, 1.54) is 20.6 Å². The summed E-state index contributed by atoms with van der Waals surface area (Å²) in [6.45, 7) is 3.73. The minimum Gasteiger partial charge on any atom is -0.493 e. The molecule has 0 unspecified atom stereocenters. The molecule has 1 amide bonds. The van der Waals surface area contributed by atoms with Crippen molar-refractivity contribution in [2.24, 2.45) is 5.92 Å². The predicted octanol–water partition coefficient (Wildman–Crippen LogP) is 2.83. The molecule has 140 valence electrons. The molecule has 6 heteroatoms. The van der Waals surface area contributed by atoms with Gasteiger partial charge < -0.3 is 24.6 Å². The molecule has 2 N–H and O–H groups in total. The molecule has 0 radical (unpaired) electrons. The first-order valence-electron chi connectivity index (χ1n) is 8.82. The summed E-state index contributed by atoms with van der Waals surface area (Å²) >= 11 is 0. The lowest BCUT2D eigenvalue weighted by atomic mass is 9.86. The normalized spacial score (nSPS) is 21.3. The average Bonchev–Trinajstić information content (AvgIpc) is 2.61. The van der Waals surface area contributed by atoms with Crippen molar-refractivity contribution in [3.63, 3.8) is 0 Å². The van der Waals surface area contributed by atoms with Crippen molar-refractivity contribution in [1.29, 1.82) is 0 Å². The molecule has 0 aliphatic heterocycles. The number of hydrogen-bond acceptors (Lipinski definition) is 5. The minimum absolute atomic E-state index is 0.107. The Morgan fingerprint density at radius 3 is 2.36 bits per heavy atom. The Bertz CT molecular complexity index is 562. The van der Waals surface area contributed by atoms with E-state index in [0.29, 0.717) is 28.7 Å². The molecule has 0 aromatic heterocycles. The first-order chi connectivity index (χ1) is 12.0. The lowest BCUT2D eigenvalue weighted by molar-refractivity contribution is -0.124. The van der Waals surface area contributed by atoms with Gasteiger partial charge in [-0.2, -0.15) is 0 Å². The highest BCUT2D eigenvalue weighted by Crippen LogP contribution is 2.40. The third-order valence-electron chi connectivity index (χ3n) is 4.77. The molecule has 6 nitrogen and oxygen atoms in total. The van der Waals surface area contributed by atoms with E-state index in [-0.39, 0.29) is 18.6 Å². The van der Waals surface area contributed by atoms with Gasteiger partial charge in [0.15, 0.2) is 18.1 Å². The van der Waals surface area contributed by atoms with Gasteiger partial charge in [0.2, 0.25) is 5.75 Å². The highest BCUT2D eigenvalue weighted by Gasteiger charge is 2.23. The molecule has 1 aliphatic rings. The molecule has 1 saturated carbocycles. The van der Waals surface area contributed by atoms with Crippen LogP contribution in [0, 0.1) is 5.92 Å². The van der Waals surface area contributed by atoms with Gasteiger partial charge in [-0.15, -0.1) is 0 Å². The monoisotopic (exact) mass is 351 g/mol. The summed E-state index contributed by atoms with van der Waals surface area (Å²) in [4.78, 5) is 12.2. The molecule has 1 aliphatic carbocycles. The smallest absolute Gasteiger partial charge is 0.258 e. The van der Waals surface area contributed by atoms with Crippen molar-refractivity contribution in [3.8, 4) is 17.2 Å². The number of nitrogens with one attached hydrogen (secondary N) is 1. The molecule has 0 heterocycles. The maximum atomic E-state index is 12.2. The van der Waals surface area contributed by atoms with Crippen molar-refractivity contribution in [1.82, 2.24) is 5.32 Å². The third-order valence-corrected chi connectivity index (χ3v) is 4.77. The molecular formula is C19H29NO5. The van der Waals surface area contributed by atoms with E-state index in [4.69, 9.17) is 14.2 Å². The van der Waals surface area contributed by atoms with Crippen molar-refractivity contribution in [2.45, 2.75) is 51.7 Å². The summed E-state index contributed by atoms with van der Waals surface area (Å²) in [7, 11) is 3.02. The Morgan fingerprint density at radius 1 is 1.24 bits per heavy atom. The van der Waals surface area contributed by atoms with Crippen LogP contribution < -0.4 is 19.5 Å². The zero-order chi connectivity index (χ0) is 18.4. The molecule has 1 aromatic carbocycles. The third kappa shape index (κ3) is 5.01.